The van der Waals surface area contributed by atoms with E-state index < -0.39 is 28.7 Å². The van der Waals surface area contributed by atoms with Crippen molar-refractivity contribution >= 4 is 29.4 Å². The van der Waals surface area contributed by atoms with Gasteiger partial charge in [0.1, 0.15) is 0 Å². The lowest BCUT2D eigenvalue weighted by Crippen LogP contribution is -2.32. The van der Waals surface area contributed by atoms with Gasteiger partial charge in [-0.05, 0) is 19.4 Å². The summed E-state index contributed by atoms with van der Waals surface area (Å²) in [6, 6.07) is 1.96. The van der Waals surface area contributed by atoms with Crippen molar-refractivity contribution in [3.05, 3.63) is 27.8 Å². The first kappa shape index (κ1) is 23.6. The van der Waals surface area contributed by atoms with Gasteiger partial charge in [-0.25, -0.2) is 4.79 Å². The summed E-state index contributed by atoms with van der Waals surface area (Å²) in [4.78, 5) is 61.6. The molecule has 2 rings (SSSR count). The van der Waals surface area contributed by atoms with Crippen LogP contribution in [0.3, 0.4) is 0 Å². The normalized spacial score (nSPS) is 14.2. The number of hydroxylamine groups is 2. The van der Waals surface area contributed by atoms with E-state index in [0.29, 0.717) is 5.06 Å². The van der Waals surface area contributed by atoms with Gasteiger partial charge in [-0.15, -0.1) is 5.06 Å². The van der Waals surface area contributed by atoms with Crippen LogP contribution in [0.15, 0.2) is 12.1 Å². The number of carbonyl (C=O) groups is 4. The van der Waals surface area contributed by atoms with Crippen LogP contribution in [0.2, 0.25) is 0 Å². The van der Waals surface area contributed by atoms with Gasteiger partial charge in [0.15, 0.2) is 11.5 Å². The summed E-state index contributed by atoms with van der Waals surface area (Å²) in [6.45, 7) is 2.90. The molecule has 0 saturated carbocycles. The number of rotatable bonds is 10. The second-order valence-corrected chi connectivity index (χ2v) is 6.74. The van der Waals surface area contributed by atoms with Gasteiger partial charge in [0, 0.05) is 19.8 Å². The van der Waals surface area contributed by atoms with E-state index in [2.05, 4.69) is 5.32 Å². The summed E-state index contributed by atoms with van der Waals surface area (Å²) in [5.41, 5.74) is -0.0181. The Morgan fingerprint density at radius 2 is 1.87 bits per heavy atom. The highest BCUT2D eigenvalue weighted by atomic mass is 16.7. The number of methoxy groups -OCH3 is 1. The van der Waals surface area contributed by atoms with Crippen LogP contribution in [0.4, 0.5) is 5.69 Å². The fourth-order valence-electron chi connectivity index (χ4n) is 2.93. The molecule has 1 unspecified atom stereocenters. The van der Waals surface area contributed by atoms with E-state index >= 15 is 0 Å². The number of ether oxygens (including phenoxy) is 2. The maximum atomic E-state index is 11.8. The lowest BCUT2D eigenvalue weighted by atomic mass is 10.0. The SMILES string of the molecule is COc1cc(C(C)NC(C)=O)c([N+](=O)[O-])cc1OCCCC(=O)ON1C(=O)CCC1=O. The molecule has 1 N–H and O–H groups in total. The lowest BCUT2D eigenvalue weighted by molar-refractivity contribution is -0.385. The van der Waals surface area contributed by atoms with Crippen molar-refractivity contribution in [3.63, 3.8) is 0 Å². The molecule has 1 aromatic carbocycles. The molecular weight excluding hydrogens is 414 g/mol. The molecule has 1 aliphatic rings. The molecule has 12 nitrogen and oxygen atoms in total. The minimum atomic E-state index is -0.773. The molecule has 1 saturated heterocycles. The second kappa shape index (κ2) is 10.4. The molecule has 12 heteroatoms. The van der Waals surface area contributed by atoms with Gasteiger partial charge in [0.25, 0.3) is 17.5 Å². The predicted molar refractivity (Wildman–Crippen MR) is 104 cm³/mol. The zero-order valence-corrected chi connectivity index (χ0v) is 17.3. The van der Waals surface area contributed by atoms with Gasteiger partial charge in [0.05, 0.1) is 42.7 Å². The van der Waals surface area contributed by atoms with Crippen LogP contribution >= 0.6 is 0 Å². The number of amides is 3. The second-order valence-electron chi connectivity index (χ2n) is 6.74. The van der Waals surface area contributed by atoms with Crippen LogP contribution in [0.5, 0.6) is 11.5 Å². The third kappa shape index (κ3) is 6.14. The first-order valence-corrected chi connectivity index (χ1v) is 9.46. The van der Waals surface area contributed by atoms with Crippen LogP contribution in [0.25, 0.3) is 0 Å². The molecular formula is C19H23N3O9. The highest BCUT2D eigenvalue weighted by Gasteiger charge is 2.32. The fraction of sp³-hybridized carbons (Fsp3) is 0.474. The Hall–Kier alpha value is -3.70. The minimum absolute atomic E-state index is 0.00431. The maximum Gasteiger partial charge on any atom is 0.333 e. The zero-order chi connectivity index (χ0) is 23.1. The topological polar surface area (TPSA) is 154 Å². The summed E-state index contributed by atoms with van der Waals surface area (Å²) in [7, 11) is 1.36. The van der Waals surface area contributed by atoms with E-state index in [-0.39, 0.29) is 60.9 Å². The third-order valence-electron chi connectivity index (χ3n) is 4.38. The van der Waals surface area contributed by atoms with Crippen LogP contribution < -0.4 is 14.8 Å². The predicted octanol–water partition coefficient (Wildman–Crippen LogP) is 1.57. The molecule has 168 valence electrons. The Bertz CT molecular complexity index is 884. The number of nitro groups is 1. The third-order valence-corrected chi connectivity index (χ3v) is 4.38. The molecule has 1 aliphatic heterocycles. The quantitative estimate of drug-likeness (QED) is 0.248. The van der Waals surface area contributed by atoms with Crippen LogP contribution in [0, 0.1) is 10.1 Å². The first-order chi connectivity index (χ1) is 14.6. The van der Waals surface area contributed by atoms with E-state index in [1.807, 2.05) is 0 Å². The van der Waals surface area contributed by atoms with Gasteiger partial charge >= 0.3 is 5.97 Å². The Labute approximate surface area is 177 Å². The molecule has 3 amide bonds. The molecule has 31 heavy (non-hydrogen) atoms. The molecule has 0 bridgehead atoms. The molecule has 0 radical (unpaired) electrons. The number of hydrogen-bond acceptors (Lipinski definition) is 9. The number of nitrogens with one attached hydrogen (secondary N) is 1. The first-order valence-electron chi connectivity index (χ1n) is 9.46. The van der Waals surface area contributed by atoms with Crippen LogP contribution in [-0.4, -0.2) is 47.4 Å². The average Bonchev–Trinajstić information content (AvgIpc) is 3.02. The number of nitrogens with zero attached hydrogens (tertiary/aromatic N) is 2. The lowest BCUT2D eigenvalue weighted by Gasteiger charge is -2.17. The standard InChI is InChI=1S/C19H23N3O9/c1-11(20-12(2)23)13-9-15(29-3)16(10-14(13)22(27)28)30-8-4-5-19(26)31-21-17(24)6-7-18(21)25/h9-11H,4-8H2,1-3H3,(H,20,23). The van der Waals surface area contributed by atoms with Crippen LogP contribution in [-0.2, 0) is 24.0 Å². The zero-order valence-electron chi connectivity index (χ0n) is 17.3. The van der Waals surface area contributed by atoms with E-state index in [1.165, 1.54) is 26.2 Å². The summed E-state index contributed by atoms with van der Waals surface area (Å²) in [5, 5.41) is 14.5. The number of hydrogen-bond donors (Lipinski definition) is 1. The number of carbonyl (C=O) groups excluding carboxylic acids is 4. The Morgan fingerprint density at radius 3 is 2.42 bits per heavy atom. The van der Waals surface area contributed by atoms with Crippen LogP contribution in [0.1, 0.15) is 51.1 Å². The van der Waals surface area contributed by atoms with E-state index in [9.17, 15) is 29.3 Å². The fourth-order valence-corrected chi connectivity index (χ4v) is 2.93. The summed E-state index contributed by atoms with van der Waals surface area (Å²) >= 11 is 0. The van der Waals surface area contributed by atoms with Crippen molar-refractivity contribution in [1.82, 2.24) is 10.4 Å². The molecule has 0 aliphatic carbocycles. The van der Waals surface area contributed by atoms with E-state index in [4.69, 9.17) is 14.3 Å². The van der Waals surface area contributed by atoms with Gasteiger partial charge in [-0.1, -0.05) is 0 Å². The van der Waals surface area contributed by atoms with Crippen molar-refractivity contribution in [2.24, 2.45) is 0 Å². The maximum absolute atomic E-state index is 11.8. The molecule has 0 aromatic heterocycles. The van der Waals surface area contributed by atoms with Gasteiger partial charge in [-0.2, -0.15) is 0 Å². The summed E-state index contributed by atoms with van der Waals surface area (Å²) in [6.07, 6.45) is 0.0316. The van der Waals surface area contributed by atoms with Crippen molar-refractivity contribution in [1.29, 1.82) is 0 Å². The molecule has 1 aromatic rings. The Balaban J connectivity index is 2.00. The van der Waals surface area contributed by atoms with Gasteiger partial charge < -0.3 is 19.6 Å². The largest absolute Gasteiger partial charge is 0.493 e. The minimum Gasteiger partial charge on any atom is -0.493 e. The number of imide groups is 1. The number of nitro benzene ring substituents is 1. The summed E-state index contributed by atoms with van der Waals surface area (Å²) in [5.74, 6) is -1.95. The van der Waals surface area contributed by atoms with Gasteiger partial charge in [0.2, 0.25) is 5.91 Å². The molecule has 0 spiro atoms. The Kier molecular flexibility index (Phi) is 7.88. The molecule has 1 fully saturated rings. The summed E-state index contributed by atoms with van der Waals surface area (Å²) < 4.78 is 10.8. The highest BCUT2D eigenvalue weighted by molar-refractivity contribution is 6.01. The van der Waals surface area contributed by atoms with Crippen molar-refractivity contribution in [3.8, 4) is 11.5 Å². The smallest absolute Gasteiger partial charge is 0.333 e. The molecule has 1 heterocycles. The van der Waals surface area contributed by atoms with Crippen molar-refractivity contribution in [2.45, 2.75) is 45.6 Å². The van der Waals surface area contributed by atoms with Gasteiger partial charge in [-0.3, -0.25) is 24.5 Å². The average molecular weight is 437 g/mol. The Morgan fingerprint density at radius 1 is 1.23 bits per heavy atom. The van der Waals surface area contributed by atoms with Crippen molar-refractivity contribution < 1.29 is 38.4 Å². The number of benzene rings is 1. The molecule has 1 atom stereocenters. The van der Waals surface area contributed by atoms with Crippen molar-refractivity contribution in [2.75, 3.05) is 13.7 Å². The monoisotopic (exact) mass is 437 g/mol. The highest BCUT2D eigenvalue weighted by Crippen LogP contribution is 2.37. The van der Waals surface area contributed by atoms with E-state index in [1.54, 1.807) is 6.92 Å². The van der Waals surface area contributed by atoms with E-state index in [0.717, 1.165) is 0 Å².